The molecule has 2 aromatic rings. The van der Waals surface area contributed by atoms with Gasteiger partial charge in [0.1, 0.15) is 4.90 Å². The molecule has 0 N–H and O–H groups in total. The van der Waals surface area contributed by atoms with Crippen molar-refractivity contribution in [2.24, 2.45) is 4.40 Å². The van der Waals surface area contributed by atoms with E-state index in [4.69, 9.17) is 0 Å². The van der Waals surface area contributed by atoms with Gasteiger partial charge in [-0.25, -0.2) is 0 Å². The summed E-state index contributed by atoms with van der Waals surface area (Å²) < 4.78 is 28.0. The first-order valence-electron chi connectivity index (χ1n) is 6.77. The molecule has 0 amide bonds. The Balaban J connectivity index is 1.81. The highest BCUT2D eigenvalue weighted by atomic mass is 32.2. The average Bonchev–Trinajstić information content (AvgIpc) is 2.78. The molecule has 0 aromatic heterocycles. The highest BCUT2D eigenvalue weighted by Gasteiger charge is 2.30. The molecular formula is C16H16N2O2S. The quantitative estimate of drug-likeness (QED) is 0.874. The topological polar surface area (TPSA) is 49.7 Å². The molecule has 3 rings (SSSR count). The molecule has 2 aromatic carbocycles. The number of sulfonamides is 1. The SMILES string of the molecule is CN(CCc1ccccc1)C1=NS(=O)(=O)c2ccccc21. The van der Waals surface area contributed by atoms with Gasteiger partial charge in [-0.15, -0.1) is 4.40 Å². The predicted molar refractivity (Wildman–Crippen MR) is 82.9 cm³/mol. The monoisotopic (exact) mass is 300 g/mol. The van der Waals surface area contributed by atoms with E-state index in [0.717, 1.165) is 6.42 Å². The Kier molecular flexibility index (Phi) is 3.51. The van der Waals surface area contributed by atoms with E-state index in [1.165, 1.54) is 5.56 Å². The Morgan fingerprint density at radius 2 is 1.67 bits per heavy atom. The van der Waals surface area contributed by atoms with E-state index in [9.17, 15) is 8.42 Å². The maximum atomic E-state index is 12.0. The van der Waals surface area contributed by atoms with Gasteiger partial charge in [0.15, 0.2) is 5.84 Å². The van der Waals surface area contributed by atoms with Crippen LogP contribution in [0, 0.1) is 0 Å². The molecule has 0 fully saturated rings. The highest BCUT2D eigenvalue weighted by Crippen LogP contribution is 2.26. The van der Waals surface area contributed by atoms with Crippen LogP contribution in [0.4, 0.5) is 0 Å². The van der Waals surface area contributed by atoms with Crippen LogP contribution in [0.15, 0.2) is 63.9 Å². The number of amidine groups is 1. The summed E-state index contributed by atoms with van der Waals surface area (Å²) >= 11 is 0. The molecule has 0 radical (unpaired) electrons. The zero-order valence-corrected chi connectivity index (χ0v) is 12.5. The number of hydrogen-bond acceptors (Lipinski definition) is 3. The van der Waals surface area contributed by atoms with Crippen molar-refractivity contribution >= 4 is 15.9 Å². The minimum Gasteiger partial charge on any atom is -0.358 e. The Morgan fingerprint density at radius 3 is 2.43 bits per heavy atom. The lowest BCUT2D eigenvalue weighted by Gasteiger charge is -2.18. The van der Waals surface area contributed by atoms with Gasteiger partial charge in [-0.2, -0.15) is 8.42 Å². The van der Waals surface area contributed by atoms with Crippen molar-refractivity contribution in [1.82, 2.24) is 4.90 Å². The van der Waals surface area contributed by atoms with Gasteiger partial charge >= 0.3 is 0 Å². The zero-order valence-electron chi connectivity index (χ0n) is 11.7. The standard InChI is InChI=1S/C16H16N2O2S/c1-18(12-11-13-7-3-2-4-8-13)16-14-9-5-6-10-15(14)21(19,20)17-16/h2-10H,11-12H2,1H3. The Bertz CT molecular complexity index is 783. The molecule has 108 valence electrons. The number of fused-ring (bicyclic) bond motifs is 1. The second-order valence-corrected chi connectivity index (χ2v) is 6.62. The van der Waals surface area contributed by atoms with Crippen molar-refractivity contribution in [1.29, 1.82) is 0 Å². The third kappa shape index (κ3) is 2.69. The van der Waals surface area contributed by atoms with Crippen molar-refractivity contribution in [2.75, 3.05) is 13.6 Å². The van der Waals surface area contributed by atoms with Gasteiger partial charge in [0, 0.05) is 19.2 Å². The molecule has 0 bridgehead atoms. The summed E-state index contributed by atoms with van der Waals surface area (Å²) in [7, 11) is -1.66. The molecule has 0 aliphatic carbocycles. The summed E-state index contributed by atoms with van der Waals surface area (Å²) in [6.07, 6.45) is 0.846. The van der Waals surface area contributed by atoms with Crippen LogP contribution in [0.1, 0.15) is 11.1 Å². The van der Waals surface area contributed by atoms with Crippen molar-refractivity contribution in [3.63, 3.8) is 0 Å². The minimum atomic E-state index is -3.54. The number of benzene rings is 2. The number of likely N-dealkylation sites (N-methyl/N-ethyl adjacent to an activating group) is 1. The number of rotatable bonds is 3. The minimum absolute atomic E-state index is 0.298. The van der Waals surface area contributed by atoms with Crippen LogP contribution in [0.2, 0.25) is 0 Å². The second kappa shape index (κ2) is 5.33. The van der Waals surface area contributed by atoms with E-state index in [-0.39, 0.29) is 0 Å². The molecular weight excluding hydrogens is 284 g/mol. The summed E-state index contributed by atoms with van der Waals surface area (Å²) in [5, 5.41) is 0. The summed E-state index contributed by atoms with van der Waals surface area (Å²) in [6.45, 7) is 0.715. The molecule has 4 nitrogen and oxygen atoms in total. The Hall–Kier alpha value is -2.14. The van der Waals surface area contributed by atoms with Crippen LogP contribution in [0.5, 0.6) is 0 Å². The van der Waals surface area contributed by atoms with E-state index in [1.807, 2.05) is 36.2 Å². The first-order chi connectivity index (χ1) is 10.1. The van der Waals surface area contributed by atoms with Gasteiger partial charge in [0.25, 0.3) is 10.0 Å². The Labute approximate surface area is 124 Å². The van der Waals surface area contributed by atoms with Crippen molar-refractivity contribution < 1.29 is 8.42 Å². The lowest BCUT2D eigenvalue weighted by molar-refractivity contribution is 0.510. The predicted octanol–water partition coefficient (Wildman–Crippen LogP) is 2.31. The molecule has 1 aliphatic heterocycles. The molecule has 0 atom stereocenters. The summed E-state index contributed by atoms with van der Waals surface area (Å²) in [4.78, 5) is 2.20. The number of nitrogens with zero attached hydrogens (tertiary/aromatic N) is 2. The molecule has 21 heavy (non-hydrogen) atoms. The fourth-order valence-electron chi connectivity index (χ4n) is 2.41. The van der Waals surface area contributed by atoms with Gasteiger partial charge in [-0.3, -0.25) is 0 Å². The van der Waals surface area contributed by atoms with Crippen LogP contribution in [-0.2, 0) is 16.4 Å². The van der Waals surface area contributed by atoms with Crippen molar-refractivity contribution in [3.05, 3.63) is 65.7 Å². The fourth-order valence-corrected chi connectivity index (χ4v) is 3.66. The van der Waals surface area contributed by atoms with E-state index in [2.05, 4.69) is 16.5 Å². The van der Waals surface area contributed by atoms with Gasteiger partial charge < -0.3 is 4.90 Å². The second-order valence-electron chi connectivity index (χ2n) is 5.04. The molecule has 0 saturated carbocycles. The maximum Gasteiger partial charge on any atom is 0.285 e. The van der Waals surface area contributed by atoms with Crippen LogP contribution in [0.25, 0.3) is 0 Å². The van der Waals surface area contributed by atoms with Crippen molar-refractivity contribution in [3.8, 4) is 0 Å². The van der Waals surface area contributed by atoms with Gasteiger partial charge in [0.05, 0.1) is 0 Å². The summed E-state index contributed by atoms with van der Waals surface area (Å²) in [5.41, 5.74) is 1.91. The third-order valence-corrected chi connectivity index (χ3v) is 4.88. The van der Waals surface area contributed by atoms with Crippen LogP contribution in [-0.4, -0.2) is 32.7 Å². The zero-order chi connectivity index (χ0) is 14.9. The molecule has 1 aliphatic rings. The summed E-state index contributed by atoms with van der Waals surface area (Å²) in [5.74, 6) is 0.529. The number of hydrogen-bond donors (Lipinski definition) is 0. The van der Waals surface area contributed by atoms with E-state index >= 15 is 0 Å². The lowest BCUT2D eigenvalue weighted by atomic mass is 10.1. The van der Waals surface area contributed by atoms with Crippen molar-refractivity contribution in [2.45, 2.75) is 11.3 Å². The van der Waals surface area contributed by atoms with E-state index < -0.39 is 10.0 Å². The van der Waals surface area contributed by atoms with Crippen LogP contribution in [0.3, 0.4) is 0 Å². The lowest BCUT2D eigenvalue weighted by Crippen LogP contribution is -2.28. The van der Waals surface area contributed by atoms with Crippen LogP contribution < -0.4 is 0 Å². The molecule has 0 saturated heterocycles. The smallest absolute Gasteiger partial charge is 0.285 e. The first kappa shape index (κ1) is 13.8. The maximum absolute atomic E-state index is 12.0. The average molecular weight is 300 g/mol. The fraction of sp³-hybridized carbons (Fsp3) is 0.188. The summed E-state index contributed by atoms with van der Waals surface area (Å²) in [6, 6.07) is 17.1. The van der Waals surface area contributed by atoms with Gasteiger partial charge in [-0.1, -0.05) is 42.5 Å². The normalized spacial score (nSPS) is 15.4. The molecule has 1 heterocycles. The van der Waals surface area contributed by atoms with E-state index in [1.54, 1.807) is 18.2 Å². The largest absolute Gasteiger partial charge is 0.358 e. The molecule has 0 spiro atoms. The van der Waals surface area contributed by atoms with Gasteiger partial charge in [0.2, 0.25) is 0 Å². The van der Waals surface area contributed by atoms with Crippen LogP contribution >= 0.6 is 0 Å². The third-order valence-electron chi connectivity index (χ3n) is 3.55. The Morgan fingerprint density at radius 1 is 1.00 bits per heavy atom. The first-order valence-corrected chi connectivity index (χ1v) is 8.21. The highest BCUT2D eigenvalue weighted by molar-refractivity contribution is 7.90. The van der Waals surface area contributed by atoms with E-state index in [0.29, 0.717) is 22.8 Å². The molecule has 5 heteroatoms. The molecule has 0 unspecified atom stereocenters. The van der Waals surface area contributed by atoms with Gasteiger partial charge in [-0.05, 0) is 24.1 Å².